The average Bonchev–Trinajstić information content (AvgIpc) is 3.05. The van der Waals surface area contributed by atoms with E-state index in [0.29, 0.717) is 16.5 Å². The number of carbonyl (C=O) groups excluding carboxylic acids is 1. The molecule has 1 fully saturated rings. The van der Waals surface area contributed by atoms with Crippen LogP contribution < -0.4 is 16.8 Å². The monoisotopic (exact) mass is 285 g/mol. The van der Waals surface area contributed by atoms with Crippen molar-refractivity contribution >= 4 is 39.7 Å². The van der Waals surface area contributed by atoms with Crippen LogP contribution in [0.1, 0.15) is 36.4 Å². The van der Waals surface area contributed by atoms with Gasteiger partial charge in [-0.15, -0.1) is 23.1 Å². The molecular weight excluding hydrogens is 266 g/mol. The van der Waals surface area contributed by atoms with E-state index in [-0.39, 0.29) is 5.54 Å². The lowest BCUT2D eigenvalue weighted by Crippen LogP contribution is -2.33. The zero-order chi connectivity index (χ0) is 13.5. The lowest BCUT2D eigenvalue weighted by Gasteiger charge is -2.27. The normalized spacial score (nSPS) is 15.7. The second kappa shape index (κ2) is 4.66. The molecule has 0 aliphatic heterocycles. The first-order chi connectivity index (χ1) is 8.36. The Morgan fingerprint density at radius 2 is 2.11 bits per heavy atom. The van der Waals surface area contributed by atoms with E-state index in [1.165, 1.54) is 24.2 Å². The number of thioether (sulfide) groups is 1. The maximum atomic E-state index is 11.3. The summed E-state index contributed by atoms with van der Waals surface area (Å²) in [6.45, 7) is 4.38. The summed E-state index contributed by atoms with van der Waals surface area (Å²) in [6.07, 6.45) is 4.48. The minimum absolute atomic E-state index is 0.0384. The van der Waals surface area contributed by atoms with E-state index in [0.717, 1.165) is 9.90 Å². The maximum Gasteiger partial charge on any atom is 0.261 e. The Morgan fingerprint density at radius 3 is 2.56 bits per heavy atom. The molecule has 1 amide bonds. The first-order valence-corrected chi connectivity index (χ1v) is 7.95. The molecule has 0 spiro atoms. The van der Waals surface area contributed by atoms with Crippen molar-refractivity contribution in [3.8, 4) is 0 Å². The SMILES string of the molecule is CSc1c(NC(C)(C)C2CC2)sc(C(N)=O)c1N. The minimum Gasteiger partial charge on any atom is -0.396 e. The van der Waals surface area contributed by atoms with Crippen LogP contribution in [0.15, 0.2) is 4.90 Å². The van der Waals surface area contributed by atoms with Gasteiger partial charge in [-0.05, 0) is 38.9 Å². The van der Waals surface area contributed by atoms with Gasteiger partial charge in [0, 0.05) is 5.54 Å². The molecule has 1 aromatic rings. The smallest absolute Gasteiger partial charge is 0.261 e. The van der Waals surface area contributed by atoms with Crippen LogP contribution in [-0.4, -0.2) is 17.7 Å². The number of rotatable bonds is 5. The van der Waals surface area contributed by atoms with Crippen molar-refractivity contribution in [2.75, 3.05) is 17.3 Å². The Bertz CT molecular complexity index is 478. The quantitative estimate of drug-likeness (QED) is 0.727. The number of hydrogen-bond acceptors (Lipinski definition) is 5. The molecule has 4 nitrogen and oxygen atoms in total. The number of nitrogens with two attached hydrogens (primary N) is 2. The Balaban J connectivity index is 2.32. The number of nitrogens with one attached hydrogen (secondary N) is 1. The van der Waals surface area contributed by atoms with Gasteiger partial charge in [-0.25, -0.2) is 0 Å². The molecule has 100 valence electrons. The van der Waals surface area contributed by atoms with Gasteiger partial charge >= 0.3 is 0 Å². The van der Waals surface area contributed by atoms with Crippen molar-refractivity contribution in [1.82, 2.24) is 0 Å². The van der Waals surface area contributed by atoms with E-state index in [4.69, 9.17) is 11.5 Å². The van der Waals surface area contributed by atoms with Gasteiger partial charge in [0.1, 0.15) is 9.88 Å². The third-order valence-corrected chi connectivity index (χ3v) is 5.46. The van der Waals surface area contributed by atoms with Crippen molar-refractivity contribution in [3.63, 3.8) is 0 Å². The highest BCUT2D eigenvalue weighted by Crippen LogP contribution is 2.46. The summed E-state index contributed by atoms with van der Waals surface area (Å²) in [7, 11) is 0. The lowest BCUT2D eigenvalue weighted by atomic mass is 9.99. The summed E-state index contributed by atoms with van der Waals surface area (Å²) in [5.74, 6) is 0.248. The number of thiophene rings is 1. The Hall–Kier alpha value is -0.880. The molecule has 1 aromatic heterocycles. The summed E-state index contributed by atoms with van der Waals surface area (Å²) in [5, 5.41) is 4.49. The predicted octanol–water partition coefficient (Wildman–Crippen LogP) is 2.75. The van der Waals surface area contributed by atoms with Crippen molar-refractivity contribution < 1.29 is 4.79 Å². The van der Waals surface area contributed by atoms with E-state index >= 15 is 0 Å². The van der Waals surface area contributed by atoms with Crippen LogP contribution in [0.3, 0.4) is 0 Å². The first-order valence-electron chi connectivity index (χ1n) is 5.91. The van der Waals surface area contributed by atoms with Gasteiger partial charge in [-0.1, -0.05) is 0 Å². The van der Waals surface area contributed by atoms with Gasteiger partial charge in [0.2, 0.25) is 0 Å². The van der Waals surface area contributed by atoms with Crippen molar-refractivity contribution in [3.05, 3.63) is 4.88 Å². The second-order valence-corrected chi connectivity index (χ2v) is 7.03. The van der Waals surface area contributed by atoms with Gasteiger partial charge in [0.15, 0.2) is 0 Å². The molecule has 18 heavy (non-hydrogen) atoms. The fourth-order valence-corrected chi connectivity index (χ4v) is 4.13. The fraction of sp³-hybridized carbons (Fsp3) is 0.583. The largest absolute Gasteiger partial charge is 0.396 e. The van der Waals surface area contributed by atoms with Gasteiger partial charge < -0.3 is 16.8 Å². The Morgan fingerprint density at radius 1 is 1.50 bits per heavy atom. The highest BCUT2D eigenvalue weighted by atomic mass is 32.2. The van der Waals surface area contributed by atoms with Gasteiger partial charge in [-0.2, -0.15) is 0 Å². The molecule has 1 aliphatic carbocycles. The van der Waals surface area contributed by atoms with E-state index in [1.54, 1.807) is 11.8 Å². The van der Waals surface area contributed by atoms with Crippen molar-refractivity contribution in [2.24, 2.45) is 11.7 Å². The standard InChI is InChI=1S/C12H19N3OS2/c1-12(2,6-4-5-6)15-11-9(17-3)7(13)8(18-11)10(14)16/h6,15H,4-5,13H2,1-3H3,(H2,14,16). The molecule has 5 N–H and O–H groups in total. The Kier molecular flexibility index (Phi) is 3.51. The van der Waals surface area contributed by atoms with Crippen molar-refractivity contribution in [2.45, 2.75) is 37.1 Å². The molecule has 0 unspecified atom stereocenters. The molecule has 2 rings (SSSR count). The summed E-state index contributed by atoms with van der Waals surface area (Å²) in [6, 6.07) is 0. The summed E-state index contributed by atoms with van der Waals surface area (Å²) in [5.41, 5.74) is 11.9. The van der Waals surface area contributed by atoms with E-state index in [2.05, 4.69) is 19.2 Å². The average molecular weight is 285 g/mol. The van der Waals surface area contributed by atoms with Crippen LogP contribution >= 0.6 is 23.1 Å². The number of hydrogen-bond donors (Lipinski definition) is 3. The lowest BCUT2D eigenvalue weighted by molar-refractivity contribution is 0.100. The number of anilines is 2. The fourth-order valence-electron chi connectivity index (χ4n) is 2.10. The van der Waals surface area contributed by atoms with E-state index in [9.17, 15) is 4.79 Å². The molecule has 6 heteroatoms. The maximum absolute atomic E-state index is 11.3. The molecule has 0 saturated heterocycles. The topological polar surface area (TPSA) is 81.1 Å². The molecule has 0 atom stereocenters. The van der Waals surface area contributed by atoms with Crippen LogP contribution in [0.25, 0.3) is 0 Å². The molecular formula is C12H19N3OS2. The van der Waals surface area contributed by atoms with Crippen LogP contribution in [0.4, 0.5) is 10.7 Å². The number of amides is 1. The molecule has 1 heterocycles. The van der Waals surface area contributed by atoms with Crippen LogP contribution in [0.2, 0.25) is 0 Å². The van der Waals surface area contributed by atoms with E-state index < -0.39 is 5.91 Å². The summed E-state index contributed by atoms with van der Waals surface area (Å²) >= 11 is 2.91. The molecule has 1 saturated carbocycles. The van der Waals surface area contributed by atoms with E-state index in [1.807, 2.05) is 6.26 Å². The second-order valence-electron chi connectivity index (χ2n) is 5.19. The van der Waals surface area contributed by atoms with Crippen molar-refractivity contribution in [1.29, 1.82) is 0 Å². The zero-order valence-corrected chi connectivity index (χ0v) is 12.5. The summed E-state index contributed by atoms with van der Waals surface area (Å²) in [4.78, 5) is 12.7. The highest BCUT2D eigenvalue weighted by Gasteiger charge is 2.38. The molecule has 0 bridgehead atoms. The predicted molar refractivity (Wildman–Crippen MR) is 79.5 cm³/mol. The molecule has 1 aliphatic rings. The first kappa shape index (κ1) is 13.5. The summed E-state index contributed by atoms with van der Waals surface area (Å²) < 4.78 is 0. The molecule has 0 aromatic carbocycles. The van der Waals surface area contributed by atoms with Gasteiger partial charge in [0.25, 0.3) is 5.91 Å². The third kappa shape index (κ3) is 2.44. The highest BCUT2D eigenvalue weighted by molar-refractivity contribution is 7.99. The van der Waals surface area contributed by atoms with Crippen LogP contribution in [-0.2, 0) is 0 Å². The Labute approximate surface area is 115 Å². The van der Waals surface area contributed by atoms with Crippen LogP contribution in [0, 0.1) is 5.92 Å². The number of carbonyl (C=O) groups is 1. The zero-order valence-electron chi connectivity index (χ0n) is 10.9. The van der Waals surface area contributed by atoms with Crippen LogP contribution in [0.5, 0.6) is 0 Å². The number of nitrogen functional groups attached to an aromatic ring is 1. The molecule has 0 radical (unpaired) electrons. The van der Waals surface area contributed by atoms with Gasteiger partial charge in [-0.3, -0.25) is 4.79 Å². The minimum atomic E-state index is -0.454. The number of primary amides is 1. The van der Waals surface area contributed by atoms with Gasteiger partial charge in [0.05, 0.1) is 10.6 Å². The third-order valence-electron chi connectivity index (χ3n) is 3.36.